The summed E-state index contributed by atoms with van der Waals surface area (Å²) in [6, 6.07) is -0.883. The van der Waals surface area contributed by atoms with Crippen LogP contribution in [-0.2, 0) is 27.9 Å². The molecule has 0 aromatic heterocycles. The number of phosphoric acid groups is 1. The number of unbranched alkanes of at least 4 members (excludes halogenated alkanes) is 22. The van der Waals surface area contributed by atoms with E-state index in [4.69, 9.17) is 13.8 Å². The Morgan fingerprint density at radius 2 is 0.823 bits per heavy atom. The number of nitrogens with one attached hydrogen (secondary N) is 1. The molecule has 0 rings (SSSR count). The molecule has 0 saturated heterocycles. The summed E-state index contributed by atoms with van der Waals surface area (Å²) in [5, 5.41) is 3.04. The van der Waals surface area contributed by atoms with E-state index in [-0.39, 0.29) is 31.5 Å². The van der Waals surface area contributed by atoms with Crippen molar-refractivity contribution >= 4 is 19.7 Å². The maximum Gasteiger partial charge on any atom is 0.472 e. The van der Waals surface area contributed by atoms with Gasteiger partial charge in [-0.1, -0.05) is 245 Å². The zero-order valence-corrected chi connectivity index (χ0v) is 52.5. The number of quaternary nitrogens is 1. The van der Waals surface area contributed by atoms with Crippen LogP contribution in [0.25, 0.3) is 0 Å². The number of hydrogen-bond donors (Lipinski definition) is 2. The molecule has 79 heavy (non-hydrogen) atoms. The molecule has 0 saturated carbocycles. The number of carbonyl (C=O) groups excluding carboxylic acids is 2. The van der Waals surface area contributed by atoms with Crippen LogP contribution in [0.4, 0.5) is 0 Å². The third kappa shape index (κ3) is 58.9. The topological polar surface area (TPSA) is 111 Å². The van der Waals surface area contributed by atoms with Crippen molar-refractivity contribution in [2.45, 2.75) is 264 Å². The molecule has 1 amide bonds. The van der Waals surface area contributed by atoms with Crippen LogP contribution in [-0.4, -0.2) is 74.3 Å². The molecule has 0 bridgehead atoms. The smallest absolute Gasteiger partial charge is 0.456 e. The molecule has 3 unspecified atom stereocenters. The number of ether oxygens (including phenoxy) is 1. The van der Waals surface area contributed by atoms with Crippen LogP contribution < -0.4 is 5.32 Å². The van der Waals surface area contributed by atoms with Gasteiger partial charge in [-0.2, -0.15) is 0 Å². The van der Waals surface area contributed by atoms with Crippen LogP contribution in [0.3, 0.4) is 0 Å². The van der Waals surface area contributed by atoms with Crippen LogP contribution >= 0.6 is 7.82 Å². The van der Waals surface area contributed by atoms with Crippen molar-refractivity contribution in [1.29, 1.82) is 0 Å². The van der Waals surface area contributed by atoms with Gasteiger partial charge in [0.05, 0.1) is 33.8 Å². The number of carbonyl (C=O) groups is 2. The summed E-state index contributed by atoms with van der Waals surface area (Å²) >= 11 is 0. The Kier molecular flexibility index (Phi) is 55.0. The van der Waals surface area contributed by atoms with Gasteiger partial charge in [0.1, 0.15) is 19.3 Å². The van der Waals surface area contributed by atoms with Gasteiger partial charge in [0, 0.05) is 12.8 Å². The van der Waals surface area contributed by atoms with Crippen LogP contribution in [0.2, 0.25) is 0 Å². The van der Waals surface area contributed by atoms with Crippen LogP contribution in [0, 0.1) is 0 Å². The highest BCUT2D eigenvalue weighted by atomic mass is 31.2. The third-order valence-electron chi connectivity index (χ3n) is 13.4. The molecule has 10 heteroatoms. The molecule has 0 radical (unpaired) electrons. The average molecular weight is 1120 g/mol. The first-order chi connectivity index (χ1) is 38.4. The Hall–Kier alpha value is -3.59. The minimum atomic E-state index is -4.47. The van der Waals surface area contributed by atoms with E-state index in [2.05, 4.69) is 135 Å². The fraction of sp³-hybridized carbons (Fsp3) is 0.681. The maximum absolute atomic E-state index is 13.6. The highest BCUT2D eigenvalue weighted by Crippen LogP contribution is 2.43. The lowest BCUT2D eigenvalue weighted by Gasteiger charge is -2.27. The summed E-state index contributed by atoms with van der Waals surface area (Å²) in [5.74, 6) is -0.588. The van der Waals surface area contributed by atoms with Crippen molar-refractivity contribution < 1.29 is 37.3 Å². The second kappa shape index (κ2) is 57.6. The fourth-order valence-corrected chi connectivity index (χ4v) is 9.22. The van der Waals surface area contributed by atoms with Gasteiger partial charge in [-0.3, -0.25) is 18.6 Å². The standard InChI is InChI=1S/C69H119N2O7P/c1-7-10-13-16-19-22-25-27-29-31-32-33-34-35-36-37-38-40-41-43-46-49-52-55-58-61-68(72)70-66(65-77-79(74,75)76-64-63-71(4,5)6)67(60-57-54-51-48-45-24-21-18-15-12-9-3)78-69(73)62-59-56-53-50-47-44-42-39-30-28-26-23-20-17-14-11-8-2/h11,14,19-20,22-23,27-30,32-33,35-36,42,44,50,53,57,60,66-67H,7-10,12-13,15-18,21,24-26,31,34,37-41,43,45-49,51-52,54-56,58-59,61-65H2,1-6H3,(H-,70,72,74,75)/p+1/b14-11-,22-19-,23-20-,29-27-,30-28-,33-32-,36-35-,44-42-,53-50-,60-57-. The summed E-state index contributed by atoms with van der Waals surface area (Å²) in [7, 11) is 1.44. The van der Waals surface area contributed by atoms with E-state index in [1.807, 2.05) is 33.3 Å². The van der Waals surface area contributed by atoms with Crippen LogP contribution in [0.5, 0.6) is 0 Å². The summed E-state index contributed by atoms with van der Waals surface area (Å²) in [6.07, 6.45) is 80.7. The first-order valence-electron chi connectivity index (χ1n) is 31.9. The van der Waals surface area contributed by atoms with E-state index in [1.54, 1.807) is 0 Å². The molecule has 0 aliphatic carbocycles. The van der Waals surface area contributed by atoms with Gasteiger partial charge in [0.2, 0.25) is 5.91 Å². The Morgan fingerprint density at radius 3 is 1.27 bits per heavy atom. The zero-order valence-electron chi connectivity index (χ0n) is 51.6. The summed E-state index contributed by atoms with van der Waals surface area (Å²) < 4.78 is 30.6. The normalized spacial score (nSPS) is 14.5. The van der Waals surface area contributed by atoms with Crippen LogP contribution in [0.15, 0.2) is 122 Å². The number of phosphoric ester groups is 1. The number of rotatable bonds is 56. The summed E-state index contributed by atoms with van der Waals surface area (Å²) in [5.41, 5.74) is 0. The molecular formula is C69H120N2O7P+. The van der Waals surface area contributed by atoms with Gasteiger partial charge >= 0.3 is 13.8 Å². The van der Waals surface area contributed by atoms with Crippen molar-refractivity contribution in [2.75, 3.05) is 40.9 Å². The van der Waals surface area contributed by atoms with Crippen molar-refractivity contribution in [3.8, 4) is 0 Å². The van der Waals surface area contributed by atoms with Crippen LogP contribution in [0.1, 0.15) is 252 Å². The Morgan fingerprint density at radius 1 is 0.456 bits per heavy atom. The lowest BCUT2D eigenvalue weighted by molar-refractivity contribution is -0.870. The molecule has 0 heterocycles. The SMILES string of the molecule is CC/C=C\C/C=C\C/C=C\C/C=C\C/C=C\CCCC(=O)OC(/C=C\CCCCCCCCCCC)C(COP(=O)(O)OCC[N+](C)(C)C)NC(=O)CCCCCCCCCCC/C=C\C/C=C\C/C=C\C/C=C\CCCCC. The second-order valence-electron chi connectivity index (χ2n) is 22.2. The van der Waals surface area contributed by atoms with Crippen molar-refractivity contribution in [1.82, 2.24) is 5.32 Å². The van der Waals surface area contributed by atoms with Gasteiger partial charge in [-0.15, -0.1) is 0 Å². The van der Waals surface area contributed by atoms with E-state index < -0.39 is 20.0 Å². The van der Waals surface area contributed by atoms with E-state index in [9.17, 15) is 19.0 Å². The first kappa shape index (κ1) is 75.4. The molecule has 0 aromatic rings. The van der Waals surface area contributed by atoms with E-state index in [0.717, 1.165) is 109 Å². The number of hydrogen-bond acceptors (Lipinski definition) is 6. The molecule has 0 aliphatic rings. The number of likely N-dealkylation sites (N-methyl/N-ethyl adjacent to an activating group) is 1. The van der Waals surface area contributed by atoms with Gasteiger partial charge in [0.15, 0.2) is 0 Å². The molecule has 0 fully saturated rings. The Bertz CT molecular complexity index is 1770. The van der Waals surface area contributed by atoms with Gasteiger partial charge in [-0.05, 0) is 115 Å². The molecule has 0 spiro atoms. The van der Waals surface area contributed by atoms with E-state index >= 15 is 0 Å². The monoisotopic (exact) mass is 1120 g/mol. The Balaban J connectivity index is 5.23. The highest BCUT2D eigenvalue weighted by molar-refractivity contribution is 7.47. The molecule has 3 atom stereocenters. The highest BCUT2D eigenvalue weighted by Gasteiger charge is 2.30. The second-order valence-corrected chi connectivity index (χ2v) is 23.6. The minimum Gasteiger partial charge on any atom is -0.456 e. The van der Waals surface area contributed by atoms with Crippen molar-refractivity contribution in [3.63, 3.8) is 0 Å². The number of allylic oxidation sites excluding steroid dienone is 19. The largest absolute Gasteiger partial charge is 0.472 e. The van der Waals surface area contributed by atoms with E-state index in [0.29, 0.717) is 23.9 Å². The van der Waals surface area contributed by atoms with E-state index in [1.165, 1.54) is 103 Å². The molecule has 452 valence electrons. The lowest BCUT2D eigenvalue weighted by atomic mass is 10.0. The predicted molar refractivity (Wildman–Crippen MR) is 341 cm³/mol. The quantitative estimate of drug-likeness (QED) is 0.0205. The molecule has 0 aliphatic heterocycles. The van der Waals surface area contributed by atoms with Gasteiger partial charge in [-0.25, -0.2) is 4.57 Å². The van der Waals surface area contributed by atoms with Crippen molar-refractivity contribution in [2.24, 2.45) is 0 Å². The zero-order chi connectivity index (χ0) is 57.9. The summed E-state index contributed by atoms with van der Waals surface area (Å²) in [4.78, 5) is 37.7. The average Bonchev–Trinajstić information content (AvgIpc) is 3.41. The first-order valence-corrected chi connectivity index (χ1v) is 33.4. The van der Waals surface area contributed by atoms with Crippen molar-refractivity contribution in [3.05, 3.63) is 122 Å². The fourth-order valence-electron chi connectivity index (χ4n) is 8.49. The summed E-state index contributed by atoms with van der Waals surface area (Å²) in [6.45, 7) is 6.81. The number of nitrogens with zero attached hydrogens (tertiary/aromatic N) is 1. The molecular weight excluding hydrogens is 1000 g/mol. The molecule has 2 N–H and O–H groups in total. The van der Waals surface area contributed by atoms with Gasteiger partial charge in [0.25, 0.3) is 0 Å². The van der Waals surface area contributed by atoms with Gasteiger partial charge < -0.3 is 19.4 Å². The third-order valence-corrected chi connectivity index (χ3v) is 14.4. The lowest BCUT2D eigenvalue weighted by Crippen LogP contribution is -2.47. The Labute approximate surface area is 486 Å². The number of amides is 1. The number of esters is 1. The molecule has 0 aromatic carbocycles. The minimum absolute atomic E-state index is 0.0238. The molecule has 9 nitrogen and oxygen atoms in total. The predicted octanol–water partition coefficient (Wildman–Crippen LogP) is 19.9. The maximum atomic E-state index is 13.6.